The highest BCUT2D eigenvalue weighted by Crippen LogP contribution is 2.12. The van der Waals surface area contributed by atoms with E-state index in [9.17, 15) is 4.79 Å². The van der Waals surface area contributed by atoms with E-state index in [-0.39, 0.29) is 5.91 Å². The van der Waals surface area contributed by atoms with Gasteiger partial charge in [0.05, 0.1) is 0 Å². The van der Waals surface area contributed by atoms with Gasteiger partial charge in [0, 0.05) is 44.3 Å². The van der Waals surface area contributed by atoms with Crippen LogP contribution >= 0.6 is 0 Å². The molecule has 1 amide bonds. The molecule has 1 atom stereocenters. The third-order valence-corrected chi connectivity index (χ3v) is 3.40. The van der Waals surface area contributed by atoms with Crippen molar-refractivity contribution < 1.29 is 4.79 Å². The smallest absolute Gasteiger partial charge is 0.246 e. The van der Waals surface area contributed by atoms with Crippen molar-refractivity contribution in [3.63, 3.8) is 0 Å². The van der Waals surface area contributed by atoms with E-state index in [1.54, 1.807) is 6.08 Å². The topological polar surface area (TPSA) is 26.8 Å². The molecule has 0 aromatic carbocycles. The van der Waals surface area contributed by atoms with Crippen molar-refractivity contribution >= 4 is 5.91 Å². The van der Waals surface area contributed by atoms with E-state index in [1.165, 1.54) is 0 Å². The first-order chi connectivity index (χ1) is 8.41. The third-order valence-electron chi connectivity index (χ3n) is 3.40. The van der Waals surface area contributed by atoms with Crippen molar-refractivity contribution in [2.75, 3.05) is 40.3 Å². The van der Waals surface area contributed by atoms with Crippen molar-refractivity contribution in [2.24, 2.45) is 0 Å². The zero-order valence-electron chi connectivity index (χ0n) is 12.4. The number of nitrogens with zero attached hydrogens (tertiary/aromatic N) is 3. The molecule has 4 heteroatoms. The summed E-state index contributed by atoms with van der Waals surface area (Å²) in [6.45, 7) is 10.2. The van der Waals surface area contributed by atoms with Gasteiger partial charge in [-0.3, -0.25) is 9.69 Å². The number of amides is 1. The van der Waals surface area contributed by atoms with Crippen molar-refractivity contribution in [1.82, 2.24) is 14.7 Å². The second-order valence-corrected chi connectivity index (χ2v) is 5.63. The lowest BCUT2D eigenvalue weighted by molar-refractivity contribution is -0.130. The summed E-state index contributed by atoms with van der Waals surface area (Å²) in [5.74, 6) is 0.146. The lowest BCUT2D eigenvalue weighted by Crippen LogP contribution is -2.55. The fourth-order valence-electron chi connectivity index (χ4n) is 2.24. The van der Waals surface area contributed by atoms with E-state index in [0.717, 1.165) is 26.2 Å². The van der Waals surface area contributed by atoms with Crippen molar-refractivity contribution in [2.45, 2.75) is 32.9 Å². The summed E-state index contributed by atoms with van der Waals surface area (Å²) in [6.07, 6.45) is 3.64. The SMILES string of the molecule is CC(C)N1CCN(C(=O)/C=C/CN(C)C)[C@H](C)C1. The number of hydrogen-bond donors (Lipinski definition) is 0. The van der Waals surface area contributed by atoms with Crippen LogP contribution in [-0.4, -0.2) is 73.0 Å². The molecule has 0 aromatic heterocycles. The number of likely N-dealkylation sites (N-methyl/N-ethyl adjacent to an activating group) is 1. The van der Waals surface area contributed by atoms with Crippen LogP contribution in [-0.2, 0) is 4.79 Å². The predicted molar refractivity (Wildman–Crippen MR) is 75.6 cm³/mol. The standard InChI is InChI=1S/C14H27N3O/c1-12(2)16-9-10-17(13(3)11-16)14(18)7-6-8-15(4)5/h6-7,12-13H,8-11H2,1-5H3/b7-6+/t13-/m1/s1. The predicted octanol–water partition coefficient (Wildman–Crippen LogP) is 1.05. The molecule has 18 heavy (non-hydrogen) atoms. The van der Waals surface area contributed by atoms with Crippen LogP contribution in [0.3, 0.4) is 0 Å². The quantitative estimate of drug-likeness (QED) is 0.701. The number of carbonyl (C=O) groups is 1. The van der Waals surface area contributed by atoms with E-state index in [1.807, 2.05) is 30.0 Å². The van der Waals surface area contributed by atoms with E-state index >= 15 is 0 Å². The molecule has 0 radical (unpaired) electrons. The van der Waals surface area contributed by atoms with Gasteiger partial charge < -0.3 is 9.80 Å². The molecular formula is C14H27N3O. The van der Waals surface area contributed by atoms with Crippen LogP contribution in [0, 0.1) is 0 Å². The molecule has 0 N–H and O–H groups in total. The lowest BCUT2D eigenvalue weighted by Gasteiger charge is -2.41. The number of carbonyl (C=O) groups excluding carboxylic acids is 1. The molecule has 4 nitrogen and oxygen atoms in total. The molecule has 1 heterocycles. The van der Waals surface area contributed by atoms with Gasteiger partial charge in [-0.15, -0.1) is 0 Å². The summed E-state index contributed by atoms with van der Waals surface area (Å²) in [5, 5.41) is 0. The van der Waals surface area contributed by atoms with Crippen LogP contribution in [0.2, 0.25) is 0 Å². The van der Waals surface area contributed by atoms with Gasteiger partial charge in [-0.1, -0.05) is 6.08 Å². The molecule has 1 rings (SSSR count). The minimum atomic E-state index is 0.146. The molecular weight excluding hydrogens is 226 g/mol. The molecule has 0 aliphatic carbocycles. The van der Waals surface area contributed by atoms with Crippen molar-refractivity contribution in [3.05, 3.63) is 12.2 Å². The Morgan fingerprint density at radius 2 is 2.06 bits per heavy atom. The lowest BCUT2D eigenvalue weighted by atomic mass is 10.1. The summed E-state index contributed by atoms with van der Waals surface area (Å²) in [4.78, 5) is 18.5. The molecule has 0 spiro atoms. The second-order valence-electron chi connectivity index (χ2n) is 5.63. The molecule has 1 aliphatic heterocycles. The molecule has 104 valence electrons. The molecule has 1 saturated heterocycles. The minimum Gasteiger partial charge on any atom is -0.334 e. The Hall–Kier alpha value is -0.870. The van der Waals surface area contributed by atoms with E-state index in [0.29, 0.717) is 12.1 Å². The summed E-state index contributed by atoms with van der Waals surface area (Å²) >= 11 is 0. The maximum Gasteiger partial charge on any atom is 0.246 e. The number of rotatable bonds is 4. The highest BCUT2D eigenvalue weighted by molar-refractivity contribution is 5.87. The van der Waals surface area contributed by atoms with Crippen LogP contribution in [0.15, 0.2) is 12.2 Å². The zero-order chi connectivity index (χ0) is 13.7. The van der Waals surface area contributed by atoms with Gasteiger partial charge in [-0.2, -0.15) is 0 Å². The van der Waals surface area contributed by atoms with Crippen LogP contribution in [0.5, 0.6) is 0 Å². The highest BCUT2D eigenvalue weighted by Gasteiger charge is 2.26. The Morgan fingerprint density at radius 1 is 1.39 bits per heavy atom. The molecule has 0 saturated carbocycles. The number of hydrogen-bond acceptors (Lipinski definition) is 3. The largest absolute Gasteiger partial charge is 0.334 e. The zero-order valence-corrected chi connectivity index (χ0v) is 12.4. The Balaban J connectivity index is 2.48. The van der Waals surface area contributed by atoms with Gasteiger partial charge in [0.15, 0.2) is 0 Å². The Labute approximate surface area is 111 Å². The Kier molecular flexibility index (Phi) is 5.82. The first-order valence-corrected chi connectivity index (χ1v) is 6.77. The van der Waals surface area contributed by atoms with Crippen LogP contribution in [0.4, 0.5) is 0 Å². The molecule has 0 bridgehead atoms. The fourth-order valence-corrected chi connectivity index (χ4v) is 2.24. The summed E-state index contributed by atoms with van der Waals surface area (Å²) < 4.78 is 0. The van der Waals surface area contributed by atoms with Crippen molar-refractivity contribution in [3.8, 4) is 0 Å². The number of piperazine rings is 1. The van der Waals surface area contributed by atoms with Crippen LogP contribution in [0.1, 0.15) is 20.8 Å². The van der Waals surface area contributed by atoms with Gasteiger partial charge in [0.1, 0.15) is 0 Å². The first-order valence-electron chi connectivity index (χ1n) is 6.77. The summed E-state index contributed by atoms with van der Waals surface area (Å²) in [7, 11) is 4.00. The van der Waals surface area contributed by atoms with Crippen LogP contribution < -0.4 is 0 Å². The van der Waals surface area contributed by atoms with Gasteiger partial charge >= 0.3 is 0 Å². The molecule has 0 unspecified atom stereocenters. The van der Waals surface area contributed by atoms with Crippen LogP contribution in [0.25, 0.3) is 0 Å². The third kappa shape index (κ3) is 4.42. The van der Waals surface area contributed by atoms with E-state index in [4.69, 9.17) is 0 Å². The summed E-state index contributed by atoms with van der Waals surface area (Å²) in [5.41, 5.74) is 0. The maximum atomic E-state index is 12.1. The van der Waals surface area contributed by atoms with E-state index in [2.05, 4.69) is 25.7 Å². The highest BCUT2D eigenvalue weighted by atomic mass is 16.2. The van der Waals surface area contributed by atoms with Gasteiger partial charge in [-0.25, -0.2) is 0 Å². The monoisotopic (exact) mass is 253 g/mol. The average molecular weight is 253 g/mol. The molecule has 0 aromatic rings. The molecule has 1 aliphatic rings. The summed E-state index contributed by atoms with van der Waals surface area (Å²) in [6, 6.07) is 0.867. The normalized spacial score (nSPS) is 22.4. The van der Waals surface area contributed by atoms with Gasteiger partial charge in [0.25, 0.3) is 0 Å². The minimum absolute atomic E-state index is 0.146. The van der Waals surface area contributed by atoms with E-state index < -0.39 is 0 Å². The van der Waals surface area contributed by atoms with Crippen molar-refractivity contribution in [1.29, 1.82) is 0 Å². The van der Waals surface area contributed by atoms with Gasteiger partial charge in [0.2, 0.25) is 5.91 Å². The fraction of sp³-hybridized carbons (Fsp3) is 0.786. The molecule has 1 fully saturated rings. The first kappa shape index (κ1) is 15.2. The second kappa shape index (κ2) is 6.90. The Morgan fingerprint density at radius 3 is 2.56 bits per heavy atom. The average Bonchev–Trinajstić information content (AvgIpc) is 2.27. The maximum absolute atomic E-state index is 12.1. The Bertz CT molecular complexity index is 299. The van der Waals surface area contributed by atoms with Gasteiger partial charge in [-0.05, 0) is 34.9 Å².